The van der Waals surface area contributed by atoms with Crippen molar-refractivity contribution in [2.75, 3.05) is 35.3 Å². The van der Waals surface area contributed by atoms with Crippen molar-refractivity contribution in [2.24, 2.45) is 0 Å². The number of rotatable bonds is 10. The molecule has 0 atom stereocenters. The highest BCUT2D eigenvalue weighted by Gasteiger charge is 2.17. The average Bonchev–Trinajstić information content (AvgIpc) is 2.74. The third kappa shape index (κ3) is 5.53. The lowest BCUT2D eigenvalue weighted by Gasteiger charge is -2.16. The van der Waals surface area contributed by atoms with Gasteiger partial charge in [-0.3, -0.25) is 4.72 Å². The molecule has 8 nitrogen and oxygen atoms in total. The van der Waals surface area contributed by atoms with Crippen LogP contribution in [0.15, 0.2) is 42.5 Å². The van der Waals surface area contributed by atoms with E-state index >= 15 is 0 Å². The molecule has 0 aliphatic carbocycles. The van der Waals surface area contributed by atoms with E-state index in [9.17, 15) is 13.5 Å². The normalized spacial score (nSPS) is 11.4. The lowest BCUT2D eigenvalue weighted by Crippen LogP contribution is -2.19. The van der Waals surface area contributed by atoms with Gasteiger partial charge in [-0.25, -0.2) is 18.4 Å². The van der Waals surface area contributed by atoms with Crippen LogP contribution in [0.3, 0.4) is 0 Å². The first-order valence-corrected chi connectivity index (χ1v) is 11.7. The SMILES string of the molecule is COc1ccc(CCO)c(Nc2nc3ccccc3nc2NS(=O)(=O)CCCS)c1. The molecule has 0 aliphatic heterocycles. The van der Waals surface area contributed by atoms with Crippen LogP contribution in [0.25, 0.3) is 11.0 Å². The number of benzene rings is 2. The van der Waals surface area contributed by atoms with E-state index in [-0.39, 0.29) is 24.0 Å². The summed E-state index contributed by atoms with van der Waals surface area (Å²) in [7, 11) is -2.06. The fourth-order valence-electron chi connectivity index (χ4n) is 2.88. The summed E-state index contributed by atoms with van der Waals surface area (Å²) >= 11 is 4.08. The van der Waals surface area contributed by atoms with Gasteiger partial charge in [0.1, 0.15) is 5.75 Å². The van der Waals surface area contributed by atoms with Crippen LogP contribution >= 0.6 is 12.6 Å². The van der Waals surface area contributed by atoms with E-state index in [0.717, 1.165) is 5.56 Å². The van der Waals surface area contributed by atoms with E-state index in [1.54, 1.807) is 31.4 Å². The topological polar surface area (TPSA) is 113 Å². The number of hydrogen-bond acceptors (Lipinski definition) is 8. The number of fused-ring (bicyclic) bond motifs is 1. The smallest absolute Gasteiger partial charge is 0.234 e. The van der Waals surface area contributed by atoms with Crippen molar-refractivity contribution in [3.8, 4) is 5.75 Å². The molecule has 10 heteroatoms. The van der Waals surface area contributed by atoms with Crippen molar-refractivity contribution >= 4 is 51.0 Å². The quantitative estimate of drug-likeness (QED) is 0.353. The Balaban J connectivity index is 2.06. The van der Waals surface area contributed by atoms with Gasteiger partial charge in [0, 0.05) is 18.4 Å². The van der Waals surface area contributed by atoms with E-state index in [0.29, 0.717) is 41.1 Å². The average molecular weight is 449 g/mol. The summed E-state index contributed by atoms with van der Waals surface area (Å²) in [5.41, 5.74) is 2.65. The lowest BCUT2D eigenvalue weighted by atomic mass is 10.1. The molecule has 0 fully saturated rings. The number of sulfonamides is 1. The van der Waals surface area contributed by atoms with Crippen LogP contribution in [0.2, 0.25) is 0 Å². The summed E-state index contributed by atoms with van der Waals surface area (Å²) in [4.78, 5) is 9.04. The third-order valence-corrected chi connectivity index (χ3v) is 5.99. The molecule has 0 saturated carbocycles. The zero-order valence-electron chi connectivity index (χ0n) is 16.5. The Hall–Kier alpha value is -2.56. The van der Waals surface area contributed by atoms with Crippen LogP contribution in [-0.2, 0) is 16.4 Å². The van der Waals surface area contributed by atoms with Gasteiger partial charge in [0.05, 0.1) is 23.9 Å². The second-order valence-electron chi connectivity index (χ2n) is 6.53. The third-order valence-electron chi connectivity index (χ3n) is 4.35. The number of aliphatic hydroxyl groups is 1. The van der Waals surface area contributed by atoms with Gasteiger partial charge < -0.3 is 15.2 Å². The molecule has 0 aliphatic rings. The minimum atomic E-state index is -3.62. The maximum Gasteiger partial charge on any atom is 0.234 e. The zero-order chi connectivity index (χ0) is 21.6. The molecule has 3 rings (SSSR count). The van der Waals surface area contributed by atoms with Crippen molar-refractivity contribution in [3.05, 3.63) is 48.0 Å². The fourth-order valence-corrected chi connectivity index (χ4v) is 4.31. The zero-order valence-corrected chi connectivity index (χ0v) is 18.2. The molecule has 0 spiro atoms. The van der Waals surface area contributed by atoms with Crippen LogP contribution in [0.5, 0.6) is 5.75 Å². The minimum Gasteiger partial charge on any atom is -0.497 e. The molecule has 3 aromatic rings. The van der Waals surface area contributed by atoms with Crippen LogP contribution in [0, 0.1) is 0 Å². The second-order valence-corrected chi connectivity index (χ2v) is 8.82. The van der Waals surface area contributed by atoms with Crippen molar-refractivity contribution in [1.29, 1.82) is 0 Å². The number of aliphatic hydroxyl groups excluding tert-OH is 1. The largest absolute Gasteiger partial charge is 0.497 e. The molecule has 0 bridgehead atoms. The predicted molar refractivity (Wildman–Crippen MR) is 122 cm³/mol. The number of anilines is 3. The first kappa shape index (κ1) is 22.1. The highest BCUT2D eigenvalue weighted by Crippen LogP contribution is 2.30. The predicted octanol–water partition coefficient (Wildman–Crippen LogP) is 2.98. The Kier molecular flexibility index (Phi) is 7.35. The van der Waals surface area contributed by atoms with Gasteiger partial charge in [-0.15, -0.1) is 0 Å². The van der Waals surface area contributed by atoms with E-state index in [2.05, 4.69) is 32.6 Å². The maximum atomic E-state index is 12.5. The number of para-hydroxylation sites is 2. The van der Waals surface area contributed by atoms with Gasteiger partial charge in [0.2, 0.25) is 10.0 Å². The maximum absolute atomic E-state index is 12.5. The van der Waals surface area contributed by atoms with Gasteiger partial charge in [-0.1, -0.05) is 18.2 Å². The highest BCUT2D eigenvalue weighted by atomic mass is 32.2. The van der Waals surface area contributed by atoms with E-state index < -0.39 is 10.0 Å². The fraction of sp³-hybridized carbons (Fsp3) is 0.300. The van der Waals surface area contributed by atoms with Gasteiger partial charge in [-0.2, -0.15) is 12.6 Å². The van der Waals surface area contributed by atoms with Crippen LogP contribution < -0.4 is 14.8 Å². The molecule has 0 saturated heterocycles. The molecular formula is C20H24N4O4S2. The molecule has 3 N–H and O–H groups in total. The molecule has 0 unspecified atom stereocenters. The Labute approximate surface area is 181 Å². The number of methoxy groups -OCH3 is 1. The molecule has 0 amide bonds. The monoisotopic (exact) mass is 448 g/mol. The number of aromatic nitrogens is 2. The number of nitrogens with one attached hydrogen (secondary N) is 2. The number of hydrogen-bond donors (Lipinski definition) is 4. The van der Waals surface area contributed by atoms with Crippen LogP contribution in [0.1, 0.15) is 12.0 Å². The lowest BCUT2D eigenvalue weighted by molar-refractivity contribution is 0.299. The Morgan fingerprint density at radius 1 is 1.10 bits per heavy atom. The molecule has 1 aromatic heterocycles. The van der Waals surface area contributed by atoms with E-state index in [4.69, 9.17) is 4.74 Å². The first-order valence-electron chi connectivity index (χ1n) is 9.38. The molecular weight excluding hydrogens is 424 g/mol. The van der Waals surface area contributed by atoms with Crippen molar-refractivity contribution in [2.45, 2.75) is 12.8 Å². The summed E-state index contributed by atoms with van der Waals surface area (Å²) in [6, 6.07) is 12.6. The van der Waals surface area contributed by atoms with Gasteiger partial charge in [0.25, 0.3) is 0 Å². The van der Waals surface area contributed by atoms with Crippen LogP contribution in [0.4, 0.5) is 17.3 Å². The molecule has 2 aromatic carbocycles. The van der Waals surface area contributed by atoms with Crippen molar-refractivity contribution in [1.82, 2.24) is 9.97 Å². The first-order chi connectivity index (χ1) is 14.5. The standard InChI is InChI=1S/C20H24N4O4S2/c1-28-15-8-7-14(9-10-25)18(13-15)23-19-20(24-30(26,27)12-4-11-29)22-17-6-3-2-5-16(17)21-19/h2-3,5-8,13,25,29H,4,9-12H2,1H3,(H,21,23)(H,22,24). The Bertz CT molecular complexity index is 1120. The van der Waals surface area contributed by atoms with Crippen LogP contribution in [-0.4, -0.2) is 48.7 Å². The summed E-state index contributed by atoms with van der Waals surface area (Å²) in [5.74, 6) is 1.37. The molecule has 1 heterocycles. The summed E-state index contributed by atoms with van der Waals surface area (Å²) < 4.78 is 32.8. The van der Waals surface area contributed by atoms with Crippen molar-refractivity contribution in [3.63, 3.8) is 0 Å². The summed E-state index contributed by atoms with van der Waals surface area (Å²) in [6.45, 7) is -0.0341. The summed E-state index contributed by atoms with van der Waals surface area (Å²) in [6.07, 6.45) is 0.828. The Morgan fingerprint density at radius 3 is 2.43 bits per heavy atom. The summed E-state index contributed by atoms with van der Waals surface area (Å²) in [5, 5.41) is 12.5. The molecule has 160 valence electrons. The highest BCUT2D eigenvalue weighted by molar-refractivity contribution is 7.92. The van der Waals surface area contributed by atoms with Gasteiger partial charge in [-0.05, 0) is 42.4 Å². The van der Waals surface area contributed by atoms with Gasteiger partial charge >= 0.3 is 0 Å². The molecule has 0 radical (unpaired) electrons. The Morgan fingerprint density at radius 2 is 1.80 bits per heavy atom. The molecule has 30 heavy (non-hydrogen) atoms. The van der Waals surface area contributed by atoms with Gasteiger partial charge in [0.15, 0.2) is 11.6 Å². The number of thiol groups is 1. The van der Waals surface area contributed by atoms with Crippen molar-refractivity contribution < 1.29 is 18.3 Å². The number of nitrogens with zero attached hydrogens (tertiary/aromatic N) is 2. The van der Waals surface area contributed by atoms with E-state index in [1.165, 1.54) is 0 Å². The second kappa shape index (κ2) is 9.96. The minimum absolute atomic E-state index is 0.0341. The number of ether oxygens (including phenoxy) is 1. The van der Waals surface area contributed by atoms with E-state index in [1.807, 2.05) is 18.2 Å².